The number of aromatic nitrogens is 1. The van der Waals surface area contributed by atoms with E-state index in [0.29, 0.717) is 21.8 Å². The van der Waals surface area contributed by atoms with Crippen molar-refractivity contribution in [1.82, 2.24) is 4.57 Å². The van der Waals surface area contributed by atoms with Crippen molar-refractivity contribution >= 4 is 43.2 Å². The Morgan fingerprint density at radius 1 is 1.00 bits per heavy atom. The topological polar surface area (TPSA) is 89.8 Å². The third-order valence-corrected chi connectivity index (χ3v) is 7.18. The predicted octanol–water partition coefficient (Wildman–Crippen LogP) is 3.79. The standard InChI is InChI=1S/C22H19N3O4S2/c1-25-19-5-3-4-6-20(19)30-22(25)23-21(26)15-7-9-16(10-8-15)24-31(27,28)18-13-11-17(29-2)12-14-18/h3-14,24H,1-2H3. The summed E-state index contributed by atoms with van der Waals surface area (Å²) in [5.41, 5.74) is 1.71. The summed E-state index contributed by atoms with van der Waals surface area (Å²) in [7, 11) is -0.381. The number of para-hydroxylation sites is 1. The van der Waals surface area contributed by atoms with Crippen molar-refractivity contribution in [2.24, 2.45) is 12.0 Å². The lowest BCUT2D eigenvalue weighted by Gasteiger charge is -2.09. The highest BCUT2D eigenvalue weighted by atomic mass is 32.2. The molecular weight excluding hydrogens is 434 g/mol. The minimum atomic E-state index is -3.76. The minimum Gasteiger partial charge on any atom is -0.497 e. The third kappa shape index (κ3) is 4.37. The molecule has 0 spiro atoms. The molecule has 158 valence electrons. The Morgan fingerprint density at radius 3 is 2.32 bits per heavy atom. The van der Waals surface area contributed by atoms with E-state index < -0.39 is 15.9 Å². The summed E-state index contributed by atoms with van der Waals surface area (Å²) >= 11 is 1.43. The number of ether oxygens (including phenoxy) is 1. The van der Waals surface area contributed by atoms with E-state index >= 15 is 0 Å². The lowest BCUT2D eigenvalue weighted by molar-refractivity contribution is 0.0998. The van der Waals surface area contributed by atoms with Crippen molar-refractivity contribution in [2.75, 3.05) is 11.8 Å². The van der Waals surface area contributed by atoms with Gasteiger partial charge in [0.1, 0.15) is 5.75 Å². The van der Waals surface area contributed by atoms with Crippen molar-refractivity contribution < 1.29 is 17.9 Å². The quantitative estimate of drug-likeness (QED) is 0.498. The summed E-state index contributed by atoms with van der Waals surface area (Å²) in [5.74, 6) is 0.171. The molecular formula is C22H19N3O4S2. The molecule has 9 heteroatoms. The molecule has 1 N–H and O–H groups in total. The molecule has 0 atom stereocenters. The van der Waals surface area contributed by atoms with Crippen LogP contribution in [0.1, 0.15) is 10.4 Å². The number of carbonyl (C=O) groups is 1. The first-order valence-electron chi connectivity index (χ1n) is 9.28. The first-order chi connectivity index (χ1) is 14.9. The van der Waals surface area contributed by atoms with Crippen molar-refractivity contribution in [3.8, 4) is 5.75 Å². The van der Waals surface area contributed by atoms with Crippen LogP contribution in [0.5, 0.6) is 5.75 Å². The molecule has 0 bridgehead atoms. The number of amides is 1. The summed E-state index contributed by atoms with van der Waals surface area (Å²) in [6, 6.07) is 20.1. The molecule has 0 aliphatic carbocycles. The monoisotopic (exact) mass is 453 g/mol. The SMILES string of the molecule is COc1ccc(S(=O)(=O)Nc2ccc(C(=O)N=c3sc4ccccc4n3C)cc2)cc1. The molecule has 0 saturated heterocycles. The minimum absolute atomic E-state index is 0.112. The average Bonchev–Trinajstić information content (AvgIpc) is 3.09. The van der Waals surface area contributed by atoms with Gasteiger partial charge in [0.05, 0.1) is 22.2 Å². The molecule has 3 aromatic carbocycles. The highest BCUT2D eigenvalue weighted by Gasteiger charge is 2.15. The Hall–Kier alpha value is -3.43. The Morgan fingerprint density at radius 2 is 1.68 bits per heavy atom. The van der Waals surface area contributed by atoms with Gasteiger partial charge in [-0.25, -0.2) is 8.42 Å². The maximum atomic E-state index is 12.6. The second-order valence-corrected chi connectivity index (χ2v) is 9.38. The highest BCUT2D eigenvalue weighted by Crippen LogP contribution is 2.20. The number of rotatable bonds is 5. The summed E-state index contributed by atoms with van der Waals surface area (Å²) in [5, 5.41) is 0. The first kappa shape index (κ1) is 20.8. The maximum Gasteiger partial charge on any atom is 0.279 e. The van der Waals surface area contributed by atoms with Crippen LogP contribution in [-0.2, 0) is 17.1 Å². The molecule has 4 aromatic rings. The Bertz CT molecular complexity index is 1420. The van der Waals surface area contributed by atoms with E-state index in [4.69, 9.17) is 4.74 Å². The molecule has 7 nitrogen and oxygen atoms in total. The molecule has 0 aliphatic heterocycles. The van der Waals surface area contributed by atoms with E-state index in [1.54, 1.807) is 24.3 Å². The number of methoxy groups -OCH3 is 1. The Labute approximate surface area is 183 Å². The van der Waals surface area contributed by atoms with E-state index in [0.717, 1.165) is 10.2 Å². The average molecular weight is 454 g/mol. The summed E-state index contributed by atoms with van der Waals surface area (Å²) in [6.45, 7) is 0. The highest BCUT2D eigenvalue weighted by molar-refractivity contribution is 7.92. The van der Waals surface area contributed by atoms with Crippen molar-refractivity contribution in [1.29, 1.82) is 0 Å². The number of anilines is 1. The molecule has 1 aromatic heterocycles. The van der Waals surface area contributed by atoms with Gasteiger partial charge in [0.2, 0.25) is 0 Å². The molecule has 31 heavy (non-hydrogen) atoms. The fourth-order valence-electron chi connectivity index (χ4n) is 2.99. The Kier molecular flexibility index (Phi) is 5.62. The lowest BCUT2D eigenvalue weighted by Crippen LogP contribution is -2.14. The van der Waals surface area contributed by atoms with Gasteiger partial charge in [0, 0.05) is 18.3 Å². The van der Waals surface area contributed by atoms with E-state index in [9.17, 15) is 13.2 Å². The molecule has 0 aliphatic rings. The van der Waals surface area contributed by atoms with Crippen molar-refractivity contribution in [2.45, 2.75) is 4.90 Å². The van der Waals surface area contributed by atoms with Crippen molar-refractivity contribution in [3.05, 3.63) is 83.2 Å². The van der Waals surface area contributed by atoms with Gasteiger partial charge >= 0.3 is 0 Å². The van der Waals surface area contributed by atoms with E-state index in [2.05, 4.69) is 9.71 Å². The van der Waals surface area contributed by atoms with Crippen LogP contribution < -0.4 is 14.3 Å². The predicted molar refractivity (Wildman–Crippen MR) is 121 cm³/mol. The summed E-state index contributed by atoms with van der Waals surface area (Å²) in [4.78, 5) is 17.5. The van der Waals surface area contributed by atoms with Gasteiger partial charge in [-0.2, -0.15) is 4.99 Å². The van der Waals surface area contributed by atoms with Crippen molar-refractivity contribution in [3.63, 3.8) is 0 Å². The first-order valence-corrected chi connectivity index (χ1v) is 11.6. The van der Waals surface area contributed by atoms with E-state index in [1.165, 1.54) is 42.7 Å². The number of benzene rings is 3. The smallest absolute Gasteiger partial charge is 0.279 e. The van der Waals surface area contributed by atoms with E-state index in [-0.39, 0.29) is 4.90 Å². The number of nitrogens with one attached hydrogen (secondary N) is 1. The molecule has 0 radical (unpaired) electrons. The van der Waals surface area contributed by atoms with Crippen LogP contribution in [0.3, 0.4) is 0 Å². The number of sulfonamides is 1. The second kappa shape index (κ2) is 8.37. The number of fused-ring (bicyclic) bond motifs is 1. The van der Waals surface area contributed by atoms with Crippen LogP contribution >= 0.6 is 11.3 Å². The summed E-state index contributed by atoms with van der Waals surface area (Å²) in [6.07, 6.45) is 0. The van der Waals surface area contributed by atoms with Gasteiger partial charge < -0.3 is 9.30 Å². The molecule has 0 fully saturated rings. The van der Waals surface area contributed by atoms with Crippen LogP contribution in [0.2, 0.25) is 0 Å². The summed E-state index contributed by atoms with van der Waals surface area (Å²) < 4.78 is 35.6. The molecule has 0 unspecified atom stereocenters. The zero-order valence-electron chi connectivity index (χ0n) is 16.8. The van der Waals surface area contributed by atoms with Crippen LogP contribution in [0.4, 0.5) is 5.69 Å². The molecule has 4 rings (SSSR count). The molecule has 1 heterocycles. The fraction of sp³-hybridized carbons (Fsp3) is 0.0909. The fourth-order valence-corrected chi connectivity index (χ4v) is 5.06. The Balaban J connectivity index is 1.54. The molecule has 1 amide bonds. The largest absolute Gasteiger partial charge is 0.497 e. The third-order valence-electron chi connectivity index (χ3n) is 4.67. The van der Waals surface area contributed by atoms with Crippen LogP contribution in [0, 0.1) is 0 Å². The lowest BCUT2D eigenvalue weighted by atomic mass is 10.2. The zero-order valence-corrected chi connectivity index (χ0v) is 18.4. The molecule has 0 saturated carbocycles. The van der Waals surface area contributed by atoms with Gasteiger partial charge in [-0.1, -0.05) is 23.5 Å². The number of hydrogen-bond donors (Lipinski definition) is 1. The number of hydrogen-bond acceptors (Lipinski definition) is 5. The normalized spacial score (nSPS) is 12.1. The van der Waals surface area contributed by atoms with Gasteiger partial charge in [-0.05, 0) is 60.7 Å². The second-order valence-electron chi connectivity index (χ2n) is 6.69. The zero-order chi connectivity index (χ0) is 22.0. The van der Waals surface area contributed by atoms with Gasteiger partial charge in [0.15, 0.2) is 4.80 Å². The van der Waals surface area contributed by atoms with Crippen LogP contribution in [-0.4, -0.2) is 26.0 Å². The number of aryl methyl sites for hydroxylation is 1. The maximum absolute atomic E-state index is 12.6. The van der Waals surface area contributed by atoms with Gasteiger partial charge in [-0.15, -0.1) is 0 Å². The number of nitrogens with zero attached hydrogens (tertiary/aromatic N) is 2. The van der Waals surface area contributed by atoms with Gasteiger partial charge in [-0.3, -0.25) is 9.52 Å². The van der Waals surface area contributed by atoms with Gasteiger partial charge in [0.25, 0.3) is 15.9 Å². The number of thiazole rings is 1. The van der Waals surface area contributed by atoms with E-state index in [1.807, 2.05) is 35.9 Å². The van der Waals surface area contributed by atoms with Crippen LogP contribution in [0.25, 0.3) is 10.2 Å². The number of carbonyl (C=O) groups excluding carboxylic acids is 1. The van der Waals surface area contributed by atoms with Crippen LogP contribution in [0.15, 0.2) is 82.7 Å².